The average Bonchev–Trinajstić information content (AvgIpc) is 2.43. The molecule has 0 aliphatic rings. The third kappa shape index (κ3) is 5.50. The van der Waals surface area contributed by atoms with Crippen molar-refractivity contribution >= 4 is 33.2 Å². The van der Waals surface area contributed by atoms with Crippen molar-refractivity contribution in [2.45, 2.75) is 12.2 Å². The summed E-state index contributed by atoms with van der Waals surface area (Å²) in [4.78, 5) is 7.70. The molecule has 22 heavy (non-hydrogen) atoms. The third-order valence-corrected chi connectivity index (χ3v) is 4.76. The molecule has 1 aromatic heterocycles. The normalized spacial score (nSPS) is 11.3. The fraction of sp³-hybridized carbons (Fsp3) is 0.286. The summed E-state index contributed by atoms with van der Waals surface area (Å²) >= 11 is 5.76. The SMILES string of the molecule is Nc1nc(Cl)cc(NCCCS(=O)(=O)Cc2ccccc2)n1. The van der Waals surface area contributed by atoms with Crippen LogP contribution in [-0.4, -0.2) is 30.7 Å². The van der Waals surface area contributed by atoms with Crippen molar-refractivity contribution in [3.63, 3.8) is 0 Å². The van der Waals surface area contributed by atoms with E-state index in [4.69, 9.17) is 17.3 Å². The summed E-state index contributed by atoms with van der Waals surface area (Å²) in [5, 5.41) is 3.23. The number of nitrogens with zero attached hydrogens (tertiary/aromatic N) is 2. The van der Waals surface area contributed by atoms with E-state index in [1.807, 2.05) is 30.3 Å². The number of anilines is 2. The van der Waals surface area contributed by atoms with Crippen LogP contribution in [0.25, 0.3) is 0 Å². The number of nitrogens with one attached hydrogen (secondary N) is 1. The Morgan fingerprint density at radius 1 is 1.18 bits per heavy atom. The predicted octanol–water partition coefficient (Wildman–Crippen LogP) is 2.13. The number of rotatable bonds is 7. The first-order valence-electron chi connectivity index (χ1n) is 6.73. The van der Waals surface area contributed by atoms with Gasteiger partial charge in [-0.05, 0) is 12.0 Å². The van der Waals surface area contributed by atoms with Crippen molar-refractivity contribution in [1.82, 2.24) is 9.97 Å². The average molecular weight is 341 g/mol. The molecule has 0 radical (unpaired) electrons. The van der Waals surface area contributed by atoms with Crippen LogP contribution in [0.4, 0.5) is 11.8 Å². The van der Waals surface area contributed by atoms with Gasteiger partial charge in [0, 0.05) is 12.6 Å². The predicted molar refractivity (Wildman–Crippen MR) is 88.5 cm³/mol. The van der Waals surface area contributed by atoms with Crippen LogP contribution >= 0.6 is 11.6 Å². The Kier molecular flexibility index (Phi) is 5.57. The monoisotopic (exact) mass is 340 g/mol. The van der Waals surface area contributed by atoms with Crippen molar-refractivity contribution in [3.8, 4) is 0 Å². The molecule has 0 fully saturated rings. The lowest BCUT2D eigenvalue weighted by atomic mass is 10.2. The van der Waals surface area contributed by atoms with Crippen molar-refractivity contribution in [2.24, 2.45) is 0 Å². The van der Waals surface area contributed by atoms with E-state index < -0.39 is 9.84 Å². The fourth-order valence-corrected chi connectivity index (χ4v) is 3.55. The van der Waals surface area contributed by atoms with Crippen molar-refractivity contribution in [3.05, 3.63) is 47.1 Å². The highest BCUT2D eigenvalue weighted by Gasteiger charge is 2.11. The molecule has 0 aliphatic carbocycles. The van der Waals surface area contributed by atoms with E-state index >= 15 is 0 Å². The molecule has 0 saturated carbocycles. The van der Waals surface area contributed by atoms with Crippen molar-refractivity contribution in [2.75, 3.05) is 23.3 Å². The Balaban J connectivity index is 1.80. The van der Waals surface area contributed by atoms with Gasteiger partial charge in [0.15, 0.2) is 9.84 Å². The molecule has 0 unspecified atom stereocenters. The van der Waals surface area contributed by atoms with E-state index in [-0.39, 0.29) is 22.6 Å². The van der Waals surface area contributed by atoms with Gasteiger partial charge in [-0.15, -0.1) is 0 Å². The number of aromatic nitrogens is 2. The van der Waals surface area contributed by atoms with E-state index in [1.54, 1.807) is 0 Å². The van der Waals surface area contributed by atoms with Gasteiger partial charge in [-0.3, -0.25) is 0 Å². The van der Waals surface area contributed by atoms with Crippen LogP contribution in [0.2, 0.25) is 5.15 Å². The Labute approximate surface area is 134 Å². The van der Waals surface area contributed by atoms with Crippen LogP contribution in [0.1, 0.15) is 12.0 Å². The van der Waals surface area contributed by atoms with Gasteiger partial charge in [0.1, 0.15) is 11.0 Å². The molecular weight excluding hydrogens is 324 g/mol. The number of sulfone groups is 1. The van der Waals surface area contributed by atoms with E-state index in [1.165, 1.54) is 6.07 Å². The Morgan fingerprint density at radius 2 is 1.91 bits per heavy atom. The highest BCUT2D eigenvalue weighted by molar-refractivity contribution is 7.90. The largest absolute Gasteiger partial charge is 0.370 e. The minimum absolute atomic E-state index is 0.0557. The lowest BCUT2D eigenvalue weighted by Crippen LogP contribution is -2.14. The van der Waals surface area contributed by atoms with Crippen LogP contribution in [-0.2, 0) is 15.6 Å². The lowest BCUT2D eigenvalue weighted by molar-refractivity contribution is 0.593. The van der Waals surface area contributed by atoms with Gasteiger partial charge in [0.2, 0.25) is 5.95 Å². The summed E-state index contributed by atoms with van der Waals surface area (Å²) in [6, 6.07) is 10.7. The maximum absolute atomic E-state index is 12.0. The van der Waals surface area contributed by atoms with E-state index in [9.17, 15) is 8.42 Å². The van der Waals surface area contributed by atoms with Gasteiger partial charge in [-0.25, -0.2) is 13.4 Å². The summed E-state index contributed by atoms with van der Waals surface area (Å²) < 4.78 is 24.1. The molecule has 6 nitrogen and oxygen atoms in total. The molecule has 3 N–H and O–H groups in total. The maximum Gasteiger partial charge on any atom is 0.223 e. The number of hydrogen-bond acceptors (Lipinski definition) is 6. The number of hydrogen-bond donors (Lipinski definition) is 2. The summed E-state index contributed by atoms with van der Waals surface area (Å²) in [5.74, 6) is 0.716. The lowest BCUT2D eigenvalue weighted by Gasteiger charge is -2.07. The summed E-state index contributed by atoms with van der Waals surface area (Å²) in [7, 11) is -3.13. The minimum Gasteiger partial charge on any atom is -0.370 e. The molecular formula is C14H17ClN4O2S. The second-order valence-electron chi connectivity index (χ2n) is 4.79. The molecule has 2 rings (SSSR count). The third-order valence-electron chi connectivity index (χ3n) is 2.88. The Hall–Kier alpha value is -1.86. The zero-order valence-electron chi connectivity index (χ0n) is 11.9. The first-order valence-corrected chi connectivity index (χ1v) is 8.93. The minimum atomic E-state index is -3.13. The molecule has 2 aromatic rings. The summed E-state index contributed by atoms with van der Waals surface area (Å²) in [6.45, 7) is 0.459. The topological polar surface area (TPSA) is 98.0 Å². The highest BCUT2D eigenvalue weighted by Crippen LogP contribution is 2.12. The Bertz CT molecular complexity index is 703. The van der Waals surface area contributed by atoms with Gasteiger partial charge in [0.25, 0.3) is 0 Å². The Morgan fingerprint density at radius 3 is 2.59 bits per heavy atom. The molecule has 118 valence electrons. The van der Waals surface area contributed by atoms with E-state index in [2.05, 4.69) is 15.3 Å². The van der Waals surface area contributed by atoms with Crippen LogP contribution < -0.4 is 11.1 Å². The highest BCUT2D eigenvalue weighted by atomic mass is 35.5. The summed E-state index contributed by atoms with van der Waals surface area (Å²) in [6.07, 6.45) is 0.469. The second kappa shape index (κ2) is 7.42. The van der Waals surface area contributed by atoms with Gasteiger partial charge >= 0.3 is 0 Å². The molecule has 0 aliphatic heterocycles. The van der Waals surface area contributed by atoms with Crippen molar-refractivity contribution in [1.29, 1.82) is 0 Å². The van der Waals surface area contributed by atoms with Crippen molar-refractivity contribution < 1.29 is 8.42 Å². The molecule has 0 saturated heterocycles. The molecule has 8 heteroatoms. The fourth-order valence-electron chi connectivity index (χ4n) is 1.93. The zero-order chi connectivity index (χ0) is 16.0. The molecule has 0 atom stereocenters. The first-order chi connectivity index (χ1) is 10.4. The van der Waals surface area contributed by atoms with Gasteiger partial charge in [-0.2, -0.15) is 4.98 Å². The molecule has 1 aromatic carbocycles. The second-order valence-corrected chi connectivity index (χ2v) is 7.36. The van der Waals surface area contributed by atoms with Gasteiger partial charge < -0.3 is 11.1 Å². The number of nitrogens with two attached hydrogens (primary N) is 1. The van der Waals surface area contributed by atoms with Crippen LogP contribution in [0.3, 0.4) is 0 Å². The number of nitrogen functional groups attached to an aromatic ring is 1. The van der Waals surface area contributed by atoms with Crippen LogP contribution in [0.15, 0.2) is 36.4 Å². The standard InChI is InChI=1S/C14H17ClN4O2S/c15-12-9-13(19-14(16)18-12)17-7-4-8-22(20,21)10-11-5-2-1-3-6-11/h1-3,5-6,9H,4,7-8,10H2,(H3,16,17,18,19). The van der Waals surface area contributed by atoms with Gasteiger partial charge in [0.05, 0.1) is 11.5 Å². The van der Waals surface area contributed by atoms with E-state index in [0.717, 1.165) is 5.56 Å². The maximum atomic E-state index is 12.0. The smallest absolute Gasteiger partial charge is 0.223 e. The number of halogens is 1. The van der Waals surface area contributed by atoms with E-state index in [0.29, 0.717) is 18.8 Å². The molecule has 1 heterocycles. The van der Waals surface area contributed by atoms with Gasteiger partial charge in [-0.1, -0.05) is 41.9 Å². The zero-order valence-corrected chi connectivity index (χ0v) is 13.4. The molecule has 0 spiro atoms. The molecule has 0 bridgehead atoms. The number of benzene rings is 1. The van der Waals surface area contributed by atoms with Crippen LogP contribution in [0, 0.1) is 0 Å². The molecule has 0 amide bonds. The first kappa shape index (κ1) is 16.5. The van der Waals surface area contributed by atoms with Crippen LogP contribution in [0.5, 0.6) is 0 Å². The summed E-state index contributed by atoms with van der Waals surface area (Å²) in [5.41, 5.74) is 6.27. The quantitative estimate of drug-likeness (QED) is 0.592.